The Morgan fingerprint density at radius 2 is 1.20 bits per heavy atom. The van der Waals surface area contributed by atoms with Crippen molar-refractivity contribution < 1.29 is 47.4 Å². The van der Waals surface area contributed by atoms with Crippen LogP contribution < -0.4 is 0 Å². The van der Waals surface area contributed by atoms with Gasteiger partial charge < -0.3 is 47.4 Å². The molecule has 0 saturated carbocycles. The van der Waals surface area contributed by atoms with Crippen LogP contribution in [0, 0.1) is 22.9 Å². The molecule has 3 heterocycles. The average molecular weight is 727 g/mol. The zero-order valence-electron chi connectivity index (χ0n) is 32.5. The Balaban J connectivity index is 1.87. The van der Waals surface area contributed by atoms with E-state index < -0.39 is 71.5 Å². The summed E-state index contributed by atoms with van der Waals surface area (Å²) in [6, 6.07) is 3.38. The van der Waals surface area contributed by atoms with Gasteiger partial charge in [-0.25, -0.2) is 0 Å². The minimum absolute atomic E-state index is 0.226. The molecule has 0 amide bonds. The second-order valence-electron chi connectivity index (χ2n) is 14.5. The Morgan fingerprint density at radius 1 is 0.653 bits per heavy atom. The van der Waals surface area contributed by atoms with E-state index in [4.69, 9.17) is 47.4 Å². The van der Waals surface area contributed by atoms with Crippen molar-refractivity contribution in [2.75, 3.05) is 54.9 Å². The van der Waals surface area contributed by atoms with Crippen LogP contribution in [0.4, 0.5) is 0 Å². The average Bonchev–Trinajstić information content (AvgIpc) is 3.52. The smallest absolute Gasteiger partial charge is 0.187 e. The Labute approximate surface area is 299 Å². The van der Waals surface area contributed by atoms with Gasteiger partial charge in [0.2, 0.25) is 0 Å². The topological polar surface area (TPSA) is 92.3 Å². The minimum Gasteiger partial charge on any atom is -0.376 e. The summed E-state index contributed by atoms with van der Waals surface area (Å²) in [5.41, 5.74) is 8.99. The summed E-state index contributed by atoms with van der Waals surface area (Å²) in [5, 5.41) is 0. The third-order valence-electron chi connectivity index (χ3n) is 11.3. The first-order chi connectivity index (χ1) is 23.4. The largest absolute Gasteiger partial charge is 0.376 e. The van der Waals surface area contributed by atoms with Gasteiger partial charge in [-0.1, -0.05) is 74.2 Å². The van der Waals surface area contributed by atoms with Gasteiger partial charge in [-0.15, -0.1) is 11.1 Å². The first-order valence-electron chi connectivity index (χ1n) is 18.3. The number of hydrogen-bond donors (Lipinski definition) is 0. The fourth-order valence-corrected chi connectivity index (χ4v) is 16.0. The Morgan fingerprint density at radius 3 is 1.73 bits per heavy atom. The maximum absolute atomic E-state index is 6.68. The van der Waals surface area contributed by atoms with Crippen LogP contribution in [0.25, 0.3) is 0 Å². The highest BCUT2D eigenvalue weighted by Crippen LogP contribution is 2.41. The van der Waals surface area contributed by atoms with Crippen molar-refractivity contribution in [3.63, 3.8) is 0 Å². The zero-order valence-corrected chi connectivity index (χ0v) is 34.5. The highest BCUT2D eigenvalue weighted by molar-refractivity contribution is 6.90. The van der Waals surface area contributed by atoms with Crippen molar-refractivity contribution in [1.82, 2.24) is 0 Å². The lowest BCUT2D eigenvalue weighted by Gasteiger charge is -2.47. The van der Waals surface area contributed by atoms with E-state index in [1.165, 1.54) is 0 Å². The maximum Gasteiger partial charge on any atom is 0.187 e. The standard InChI is InChI=1S/C37H66O10Si2/c1-14-48(15-2,16-3)21-18-20-43-30-28(23-42-19-17-22-49(25(4)5,26(6)7)27(8)9)46-37(35(41-13)32(30)38-10)47-31-29-24-44-36(45-29)34(40-12)33(31)39-11/h25-37H,14-16,19-20,23-24H2,1-13H3/t28-,29-,30-,31-,32+,33+,34-,35-,36-,37-/m1/s1. The van der Waals surface area contributed by atoms with Crippen LogP contribution in [0.15, 0.2) is 0 Å². The molecular formula is C37H66O10Si2. The molecular weight excluding hydrogens is 661 g/mol. The molecule has 0 unspecified atom stereocenters. The molecule has 282 valence electrons. The van der Waals surface area contributed by atoms with Crippen LogP contribution in [0.1, 0.15) is 62.3 Å². The van der Waals surface area contributed by atoms with Crippen LogP contribution in [-0.2, 0) is 47.4 Å². The number of ether oxygens (including phenoxy) is 10. The van der Waals surface area contributed by atoms with Gasteiger partial charge in [0, 0.05) is 28.4 Å². The van der Waals surface area contributed by atoms with E-state index >= 15 is 0 Å². The van der Waals surface area contributed by atoms with Crippen molar-refractivity contribution in [2.45, 2.75) is 158 Å². The second kappa shape index (κ2) is 19.8. The van der Waals surface area contributed by atoms with Gasteiger partial charge in [0.25, 0.3) is 0 Å². The molecule has 0 aromatic heterocycles. The van der Waals surface area contributed by atoms with E-state index in [2.05, 4.69) is 85.2 Å². The van der Waals surface area contributed by atoms with E-state index in [-0.39, 0.29) is 19.3 Å². The van der Waals surface area contributed by atoms with Crippen LogP contribution in [0.3, 0.4) is 0 Å². The summed E-state index contributed by atoms with van der Waals surface area (Å²) in [5.74, 6) is 6.76. The molecule has 3 rings (SSSR count). The van der Waals surface area contributed by atoms with Gasteiger partial charge >= 0.3 is 0 Å². The molecule has 3 saturated heterocycles. The summed E-state index contributed by atoms with van der Waals surface area (Å²) in [6.45, 7) is 21.7. The summed E-state index contributed by atoms with van der Waals surface area (Å²) in [6.07, 6.45) is -5.40. The SMILES string of the molecule is CC[Si](C#CCO[C@H]1[C@H](OC)[C@@H](OC)[C@@H](O[C@H]2[C@H](OC)[C@@H](OC)[C@@H]3OC[C@H]2O3)O[C@@H]1COCC#C[Si](C(C)C)(C(C)C)C(C)C)(CC)CC. The fourth-order valence-electron chi connectivity index (χ4n) is 8.24. The Bertz CT molecular complexity index is 1080. The van der Waals surface area contributed by atoms with Gasteiger partial charge in [-0.2, -0.15) is 0 Å². The molecule has 2 bridgehead atoms. The third-order valence-corrected chi connectivity index (χ3v) is 22.5. The number of fused-ring (bicyclic) bond motifs is 2. The van der Waals surface area contributed by atoms with Gasteiger partial charge in [-0.05, 0) is 34.8 Å². The number of hydrogen-bond acceptors (Lipinski definition) is 10. The van der Waals surface area contributed by atoms with Gasteiger partial charge in [0.1, 0.15) is 78.2 Å². The molecule has 3 aliphatic heterocycles. The van der Waals surface area contributed by atoms with Crippen LogP contribution in [0.5, 0.6) is 0 Å². The summed E-state index contributed by atoms with van der Waals surface area (Å²) >= 11 is 0. The normalized spacial score (nSPS) is 31.9. The minimum atomic E-state index is -1.88. The first-order valence-corrected chi connectivity index (χ1v) is 23.2. The predicted molar refractivity (Wildman–Crippen MR) is 196 cm³/mol. The van der Waals surface area contributed by atoms with Crippen molar-refractivity contribution >= 4 is 16.1 Å². The molecule has 0 aromatic carbocycles. The van der Waals surface area contributed by atoms with Gasteiger partial charge in [0.05, 0.1) is 13.2 Å². The molecule has 0 aliphatic carbocycles. The number of rotatable bonds is 17. The number of methoxy groups -OCH3 is 4. The second-order valence-corrected chi connectivity index (χ2v) is 25.0. The van der Waals surface area contributed by atoms with Gasteiger partial charge in [0.15, 0.2) is 12.6 Å². The summed E-state index contributed by atoms with van der Waals surface area (Å²) in [4.78, 5) is 0. The fraction of sp³-hybridized carbons (Fsp3) is 0.892. The van der Waals surface area contributed by atoms with Crippen molar-refractivity contribution in [1.29, 1.82) is 0 Å². The molecule has 10 nitrogen and oxygen atoms in total. The molecule has 0 radical (unpaired) electrons. The van der Waals surface area contributed by atoms with Crippen molar-refractivity contribution in [3.8, 4) is 22.9 Å². The molecule has 49 heavy (non-hydrogen) atoms. The molecule has 3 aliphatic rings. The van der Waals surface area contributed by atoms with Crippen molar-refractivity contribution in [3.05, 3.63) is 0 Å². The molecule has 0 aromatic rings. The molecule has 0 spiro atoms. The lowest BCUT2D eigenvalue weighted by Crippen LogP contribution is -2.64. The third kappa shape index (κ3) is 9.58. The van der Waals surface area contributed by atoms with E-state index in [1.54, 1.807) is 28.4 Å². The van der Waals surface area contributed by atoms with E-state index in [0.29, 0.717) is 29.8 Å². The van der Waals surface area contributed by atoms with Crippen LogP contribution >= 0.6 is 0 Å². The summed E-state index contributed by atoms with van der Waals surface area (Å²) < 4.78 is 61.7. The first kappa shape index (κ1) is 42.6. The molecule has 3 fully saturated rings. The Kier molecular flexibility index (Phi) is 17.2. The van der Waals surface area contributed by atoms with Crippen LogP contribution in [-0.4, -0.2) is 132 Å². The van der Waals surface area contributed by atoms with E-state index in [1.807, 2.05) is 0 Å². The lowest BCUT2D eigenvalue weighted by atomic mass is 9.97. The maximum atomic E-state index is 6.68. The highest BCUT2D eigenvalue weighted by atomic mass is 28.3. The summed E-state index contributed by atoms with van der Waals surface area (Å²) in [7, 11) is 3.01. The molecule has 10 atom stereocenters. The molecule has 0 N–H and O–H groups in total. The highest BCUT2D eigenvalue weighted by Gasteiger charge is 2.56. The Hall–Kier alpha value is -0.846. The van der Waals surface area contributed by atoms with E-state index in [9.17, 15) is 0 Å². The van der Waals surface area contributed by atoms with Crippen molar-refractivity contribution in [2.24, 2.45) is 0 Å². The van der Waals surface area contributed by atoms with E-state index in [0.717, 1.165) is 18.1 Å². The quantitative estimate of drug-likeness (QED) is 0.107. The zero-order chi connectivity index (χ0) is 36.4. The predicted octanol–water partition coefficient (Wildman–Crippen LogP) is 5.59. The molecule has 12 heteroatoms. The van der Waals surface area contributed by atoms with Gasteiger partial charge in [-0.3, -0.25) is 0 Å². The van der Waals surface area contributed by atoms with Crippen LogP contribution in [0.2, 0.25) is 34.8 Å². The lowest BCUT2D eigenvalue weighted by molar-refractivity contribution is -0.348. The monoisotopic (exact) mass is 726 g/mol.